The van der Waals surface area contributed by atoms with Gasteiger partial charge in [-0.15, -0.1) is 0 Å². The molecule has 1 rings (SSSR count). The van der Waals surface area contributed by atoms with Crippen molar-refractivity contribution in [1.29, 1.82) is 0 Å². The molecular formula is C15H23NO3Si. The molecular weight excluding hydrogens is 270 g/mol. The van der Waals surface area contributed by atoms with Gasteiger partial charge in [0.1, 0.15) is 5.75 Å². The van der Waals surface area contributed by atoms with Crippen LogP contribution in [0.3, 0.4) is 0 Å². The number of rotatable bonds is 5. The molecule has 0 spiro atoms. The summed E-state index contributed by atoms with van der Waals surface area (Å²) in [5.41, 5.74) is 0.736. The Morgan fingerprint density at radius 3 is 2.20 bits per heavy atom. The molecule has 0 aliphatic rings. The summed E-state index contributed by atoms with van der Waals surface area (Å²) in [4.78, 5) is 25.6. The highest BCUT2D eigenvalue weighted by molar-refractivity contribution is 6.90. The van der Waals surface area contributed by atoms with E-state index in [4.69, 9.17) is 0 Å². The number of nitrogens with zero attached hydrogens (tertiary/aromatic N) is 1. The Morgan fingerprint density at radius 1 is 1.25 bits per heavy atom. The molecule has 0 unspecified atom stereocenters. The highest BCUT2D eigenvalue weighted by Crippen LogP contribution is 2.20. The Labute approximate surface area is 121 Å². The van der Waals surface area contributed by atoms with Crippen molar-refractivity contribution in [2.24, 2.45) is 0 Å². The molecule has 20 heavy (non-hydrogen) atoms. The van der Waals surface area contributed by atoms with Crippen molar-refractivity contribution in [2.45, 2.75) is 33.5 Å². The number of carbonyl (C=O) groups excluding carboxylic acids is 2. The van der Waals surface area contributed by atoms with Crippen LogP contribution in [0.25, 0.3) is 0 Å². The lowest BCUT2D eigenvalue weighted by atomic mass is 10.1. The molecule has 5 heteroatoms. The van der Waals surface area contributed by atoms with Crippen LogP contribution in [0, 0.1) is 0 Å². The van der Waals surface area contributed by atoms with Gasteiger partial charge < -0.3 is 10.0 Å². The normalized spacial score (nSPS) is 11.2. The van der Waals surface area contributed by atoms with E-state index in [1.54, 1.807) is 4.90 Å². The molecule has 0 aliphatic heterocycles. The predicted octanol–water partition coefficient (Wildman–Crippen LogP) is 2.23. The first kappa shape index (κ1) is 16.4. The van der Waals surface area contributed by atoms with E-state index in [2.05, 4.69) is 19.6 Å². The summed E-state index contributed by atoms with van der Waals surface area (Å²) < 4.78 is 0. The minimum Gasteiger partial charge on any atom is -0.508 e. The smallest absolute Gasteiger partial charge is 0.254 e. The maximum Gasteiger partial charge on any atom is 0.254 e. The molecule has 0 heterocycles. The summed E-state index contributed by atoms with van der Waals surface area (Å²) in [6.07, 6.45) is 0.694. The molecule has 0 bridgehead atoms. The molecule has 0 atom stereocenters. The maximum absolute atomic E-state index is 12.7. The monoisotopic (exact) mass is 293 g/mol. The van der Waals surface area contributed by atoms with Gasteiger partial charge >= 0.3 is 0 Å². The van der Waals surface area contributed by atoms with Gasteiger partial charge in [-0.2, -0.15) is 0 Å². The van der Waals surface area contributed by atoms with Gasteiger partial charge in [0, 0.05) is 18.7 Å². The molecule has 0 fully saturated rings. The Balaban J connectivity index is 3.61. The van der Waals surface area contributed by atoms with Crippen LogP contribution in [0.4, 0.5) is 0 Å². The first-order valence-corrected chi connectivity index (χ1v) is 10.4. The molecule has 0 saturated carbocycles. The third kappa shape index (κ3) is 3.09. The zero-order chi connectivity index (χ0) is 15.5. The van der Waals surface area contributed by atoms with Gasteiger partial charge in [-0.25, -0.2) is 0 Å². The fourth-order valence-electron chi connectivity index (χ4n) is 2.36. The molecule has 1 aromatic rings. The third-order valence-electron chi connectivity index (χ3n) is 3.36. The summed E-state index contributed by atoms with van der Waals surface area (Å²) in [6.45, 7) is 11.1. The number of aldehydes is 1. The highest BCUT2D eigenvalue weighted by atomic mass is 28.3. The topological polar surface area (TPSA) is 57.6 Å². The van der Waals surface area contributed by atoms with Crippen molar-refractivity contribution in [3.63, 3.8) is 0 Å². The van der Waals surface area contributed by atoms with E-state index in [0.717, 1.165) is 0 Å². The van der Waals surface area contributed by atoms with Crippen LogP contribution in [0.15, 0.2) is 12.1 Å². The second-order valence-corrected chi connectivity index (χ2v) is 10.8. The van der Waals surface area contributed by atoms with Gasteiger partial charge in [-0.3, -0.25) is 9.59 Å². The van der Waals surface area contributed by atoms with Crippen LogP contribution >= 0.6 is 0 Å². The van der Waals surface area contributed by atoms with E-state index in [9.17, 15) is 14.7 Å². The Hall–Kier alpha value is -1.62. The van der Waals surface area contributed by atoms with Gasteiger partial charge in [0.05, 0.1) is 13.6 Å². The third-order valence-corrected chi connectivity index (χ3v) is 5.36. The van der Waals surface area contributed by atoms with Crippen LogP contribution in [0.1, 0.15) is 34.6 Å². The number of hydrogen-bond acceptors (Lipinski definition) is 3. The lowest BCUT2D eigenvalue weighted by Crippen LogP contribution is -2.45. The first-order valence-electron chi connectivity index (χ1n) is 6.88. The Kier molecular flexibility index (Phi) is 5.11. The Bertz CT molecular complexity index is 517. The van der Waals surface area contributed by atoms with E-state index in [1.807, 2.05) is 13.8 Å². The second-order valence-electron chi connectivity index (χ2n) is 5.77. The average molecular weight is 293 g/mol. The number of hydrogen-bond donors (Lipinski definition) is 1. The van der Waals surface area contributed by atoms with Crippen molar-refractivity contribution in [3.8, 4) is 5.75 Å². The number of aromatic hydroxyl groups is 1. The van der Waals surface area contributed by atoms with Crippen molar-refractivity contribution >= 4 is 25.5 Å². The zero-order valence-electron chi connectivity index (χ0n) is 12.9. The summed E-state index contributed by atoms with van der Waals surface area (Å²) in [7, 11) is -1.96. The lowest BCUT2D eigenvalue weighted by molar-refractivity contribution is 0.0771. The van der Waals surface area contributed by atoms with Gasteiger partial charge in [0.15, 0.2) is 6.29 Å². The number of phenolic OH excluding ortho intramolecular Hbond substituents is 1. The molecule has 1 N–H and O–H groups in total. The molecule has 0 radical (unpaired) electrons. The van der Waals surface area contributed by atoms with Crippen molar-refractivity contribution < 1.29 is 14.7 Å². The van der Waals surface area contributed by atoms with Crippen LogP contribution in [-0.2, 0) is 0 Å². The molecule has 110 valence electrons. The SMILES string of the molecule is CCN(CC)C(=O)c1c(C=O)ccc(O)c1[Si](C)(C)C. The fraction of sp³-hybridized carbons (Fsp3) is 0.467. The zero-order valence-corrected chi connectivity index (χ0v) is 13.9. The largest absolute Gasteiger partial charge is 0.508 e. The molecule has 1 aromatic carbocycles. The lowest BCUT2D eigenvalue weighted by Gasteiger charge is -2.26. The number of phenols is 1. The van der Waals surface area contributed by atoms with E-state index in [-0.39, 0.29) is 11.7 Å². The van der Waals surface area contributed by atoms with Crippen LogP contribution in [0.2, 0.25) is 19.6 Å². The minimum absolute atomic E-state index is 0.116. The summed E-state index contributed by atoms with van der Waals surface area (Å²) in [5, 5.41) is 10.8. The summed E-state index contributed by atoms with van der Waals surface area (Å²) >= 11 is 0. The molecule has 4 nitrogen and oxygen atoms in total. The maximum atomic E-state index is 12.7. The van der Waals surface area contributed by atoms with Gasteiger partial charge in [0.2, 0.25) is 0 Å². The van der Waals surface area contributed by atoms with Gasteiger partial charge in [-0.05, 0) is 31.2 Å². The summed E-state index contributed by atoms with van der Waals surface area (Å²) in [6, 6.07) is 3.03. The van der Waals surface area contributed by atoms with Gasteiger partial charge in [0.25, 0.3) is 5.91 Å². The van der Waals surface area contributed by atoms with Crippen LogP contribution < -0.4 is 5.19 Å². The quantitative estimate of drug-likeness (QED) is 0.669. The second kappa shape index (κ2) is 6.22. The predicted molar refractivity (Wildman–Crippen MR) is 83.7 cm³/mol. The van der Waals surface area contributed by atoms with E-state index in [0.29, 0.717) is 35.7 Å². The molecule has 1 amide bonds. The number of carbonyl (C=O) groups is 2. The molecule has 0 aromatic heterocycles. The number of amides is 1. The van der Waals surface area contributed by atoms with Crippen molar-refractivity contribution in [1.82, 2.24) is 4.90 Å². The Morgan fingerprint density at radius 2 is 1.80 bits per heavy atom. The molecule has 0 aliphatic carbocycles. The van der Waals surface area contributed by atoms with Crippen molar-refractivity contribution in [3.05, 3.63) is 23.3 Å². The van der Waals surface area contributed by atoms with E-state index < -0.39 is 8.07 Å². The summed E-state index contributed by atoms with van der Waals surface area (Å²) in [5.74, 6) is -0.0595. The van der Waals surface area contributed by atoms with Crippen LogP contribution in [-0.4, -0.2) is 43.4 Å². The highest BCUT2D eigenvalue weighted by Gasteiger charge is 2.30. The van der Waals surface area contributed by atoms with E-state index in [1.165, 1.54) is 12.1 Å². The first-order chi connectivity index (χ1) is 9.27. The van der Waals surface area contributed by atoms with Crippen LogP contribution in [0.5, 0.6) is 5.75 Å². The standard InChI is InChI=1S/C15H23NO3Si/c1-6-16(7-2)15(19)13-11(10-17)8-9-12(18)14(13)20(3,4)5/h8-10,18H,6-7H2,1-5H3. The minimum atomic E-state index is -1.96. The average Bonchev–Trinajstić information content (AvgIpc) is 2.38. The fourth-order valence-corrected chi connectivity index (χ4v) is 4.22. The van der Waals surface area contributed by atoms with E-state index >= 15 is 0 Å². The van der Waals surface area contributed by atoms with Crippen molar-refractivity contribution in [2.75, 3.05) is 13.1 Å². The van der Waals surface area contributed by atoms with Gasteiger partial charge in [-0.1, -0.05) is 19.6 Å². The number of benzene rings is 1. The molecule has 0 saturated heterocycles.